The Kier molecular flexibility index (Phi) is 5.46. The average molecular weight is 357 g/mol. The number of hydrogen-bond donors (Lipinski definition) is 1. The van der Waals surface area contributed by atoms with E-state index in [0.29, 0.717) is 5.69 Å². The quantitative estimate of drug-likeness (QED) is 0.835. The van der Waals surface area contributed by atoms with Crippen molar-refractivity contribution in [1.82, 2.24) is 25.2 Å². The van der Waals surface area contributed by atoms with Gasteiger partial charge in [0.2, 0.25) is 0 Å². The van der Waals surface area contributed by atoms with Gasteiger partial charge in [0, 0.05) is 25.7 Å². The molecule has 1 aliphatic heterocycles. The highest BCUT2D eigenvalue weighted by molar-refractivity contribution is 5.93. The lowest BCUT2D eigenvalue weighted by atomic mass is 10.0. The number of hydrogen-bond acceptors (Lipinski definition) is 4. The molecule has 1 aromatic carbocycles. The molecule has 0 unspecified atom stereocenters. The number of nitrogens with one attached hydrogen (secondary N) is 1. The maximum Gasteiger partial charge on any atom is 0.273 e. The largest absolute Gasteiger partial charge is 0.348 e. The van der Waals surface area contributed by atoms with Crippen LogP contribution in [0.25, 0.3) is 5.69 Å². The molecule has 1 amide bonds. The van der Waals surface area contributed by atoms with Gasteiger partial charge >= 0.3 is 0 Å². The first-order valence-electron chi connectivity index (χ1n) is 8.82. The van der Waals surface area contributed by atoms with Gasteiger partial charge in [0.15, 0.2) is 5.69 Å². The highest BCUT2D eigenvalue weighted by Crippen LogP contribution is 2.18. The summed E-state index contributed by atoms with van der Waals surface area (Å²) in [5.41, 5.74) is 1.87. The number of amides is 1. The Balaban J connectivity index is 1.69. The third-order valence-corrected chi connectivity index (χ3v) is 4.75. The number of likely N-dealkylation sites (tertiary alicyclic amines) is 1. The second-order valence-corrected chi connectivity index (χ2v) is 6.73. The average Bonchev–Trinajstić information content (AvgIpc) is 2.98. The van der Waals surface area contributed by atoms with Crippen molar-refractivity contribution in [3.63, 3.8) is 0 Å². The lowest BCUT2D eigenvalue weighted by Gasteiger charge is -2.31. The van der Waals surface area contributed by atoms with Crippen LogP contribution in [-0.4, -0.2) is 51.5 Å². The van der Waals surface area contributed by atoms with Crippen molar-refractivity contribution in [1.29, 1.82) is 0 Å². The number of carbonyl (C=O) groups is 1. The SMILES string of the molecule is C=CCN1CCC(NC(=O)c2nnn(-c3ccc(C)cc3F)c2C)CC1. The second kappa shape index (κ2) is 7.78. The molecule has 0 spiro atoms. The molecular formula is C19H24FN5O. The fourth-order valence-corrected chi connectivity index (χ4v) is 3.25. The maximum atomic E-state index is 14.2. The summed E-state index contributed by atoms with van der Waals surface area (Å²) in [5, 5.41) is 11.0. The molecule has 0 bridgehead atoms. The summed E-state index contributed by atoms with van der Waals surface area (Å²) < 4.78 is 15.6. The van der Waals surface area contributed by atoms with Gasteiger partial charge in [0.05, 0.1) is 5.69 Å². The number of benzene rings is 1. The van der Waals surface area contributed by atoms with E-state index in [-0.39, 0.29) is 29.1 Å². The minimum atomic E-state index is -0.389. The Morgan fingerprint density at radius 3 is 2.77 bits per heavy atom. The zero-order valence-corrected chi connectivity index (χ0v) is 15.2. The second-order valence-electron chi connectivity index (χ2n) is 6.73. The van der Waals surface area contributed by atoms with E-state index < -0.39 is 0 Å². The highest BCUT2D eigenvalue weighted by atomic mass is 19.1. The van der Waals surface area contributed by atoms with E-state index >= 15 is 0 Å². The molecule has 7 heteroatoms. The fraction of sp³-hybridized carbons (Fsp3) is 0.421. The van der Waals surface area contributed by atoms with Crippen LogP contribution in [0.3, 0.4) is 0 Å². The normalized spacial score (nSPS) is 15.8. The zero-order chi connectivity index (χ0) is 18.7. The van der Waals surface area contributed by atoms with Crippen molar-refractivity contribution in [2.75, 3.05) is 19.6 Å². The zero-order valence-electron chi connectivity index (χ0n) is 15.2. The van der Waals surface area contributed by atoms with Crippen LogP contribution in [0.5, 0.6) is 0 Å². The number of rotatable bonds is 5. The molecular weight excluding hydrogens is 333 g/mol. The Hall–Kier alpha value is -2.54. The standard InChI is InChI=1S/C19H24FN5O/c1-4-9-24-10-7-15(8-11-24)21-19(26)18-14(3)25(23-22-18)17-6-5-13(2)12-16(17)20/h4-6,12,15H,1,7-11H2,2-3H3,(H,21,26). The predicted octanol–water partition coefficient (Wildman–Crippen LogP) is 2.40. The number of nitrogens with zero attached hydrogens (tertiary/aromatic N) is 4. The summed E-state index contributed by atoms with van der Waals surface area (Å²) in [4.78, 5) is 14.9. The molecule has 1 aromatic heterocycles. The van der Waals surface area contributed by atoms with Crippen molar-refractivity contribution >= 4 is 5.91 Å². The van der Waals surface area contributed by atoms with Gasteiger partial charge in [-0.05, 0) is 44.4 Å². The summed E-state index contributed by atoms with van der Waals surface area (Å²) >= 11 is 0. The highest BCUT2D eigenvalue weighted by Gasteiger charge is 2.24. The molecule has 3 rings (SSSR count). The van der Waals surface area contributed by atoms with Gasteiger partial charge in [-0.15, -0.1) is 11.7 Å². The van der Waals surface area contributed by atoms with Crippen LogP contribution in [0, 0.1) is 19.7 Å². The van der Waals surface area contributed by atoms with E-state index in [9.17, 15) is 9.18 Å². The molecule has 1 aliphatic rings. The number of aromatic nitrogens is 3. The smallest absolute Gasteiger partial charge is 0.273 e. The van der Waals surface area contributed by atoms with E-state index in [2.05, 4.69) is 27.1 Å². The van der Waals surface area contributed by atoms with Crippen LogP contribution in [0.1, 0.15) is 34.6 Å². The Bertz CT molecular complexity index is 808. The number of aryl methyl sites for hydroxylation is 1. The Morgan fingerprint density at radius 1 is 1.38 bits per heavy atom. The topological polar surface area (TPSA) is 63.1 Å². The van der Waals surface area contributed by atoms with Gasteiger partial charge in [-0.3, -0.25) is 9.69 Å². The Morgan fingerprint density at radius 2 is 2.12 bits per heavy atom. The van der Waals surface area contributed by atoms with Crippen molar-refractivity contribution in [3.8, 4) is 5.69 Å². The van der Waals surface area contributed by atoms with Crippen LogP contribution < -0.4 is 5.32 Å². The third kappa shape index (κ3) is 3.83. The predicted molar refractivity (Wildman–Crippen MR) is 97.9 cm³/mol. The number of halogens is 1. The summed E-state index contributed by atoms with van der Waals surface area (Å²) in [7, 11) is 0. The van der Waals surface area contributed by atoms with Crippen LogP contribution in [-0.2, 0) is 0 Å². The van der Waals surface area contributed by atoms with E-state index in [1.807, 2.05) is 13.0 Å². The molecule has 26 heavy (non-hydrogen) atoms. The molecule has 0 atom stereocenters. The monoisotopic (exact) mass is 357 g/mol. The van der Waals surface area contributed by atoms with E-state index in [1.165, 1.54) is 10.7 Å². The summed E-state index contributed by atoms with van der Waals surface area (Å²) in [6, 6.07) is 5.00. The maximum absolute atomic E-state index is 14.2. The van der Waals surface area contributed by atoms with Crippen LogP contribution in [0.4, 0.5) is 4.39 Å². The fourth-order valence-electron chi connectivity index (χ4n) is 3.25. The van der Waals surface area contributed by atoms with E-state index in [4.69, 9.17) is 0 Å². The molecule has 1 fully saturated rings. The summed E-state index contributed by atoms with van der Waals surface area (Å²) in [6.45, 7) is 10.0. The first-order valence-corrected chi connectivity index (χ1v) is 8.82. The molecule has 2 heterocycles. The summed E-state index contributed by atoms with van der Waals surface area (Å²) in [5.74, 6) is -0.650. The van der Waals surface area contributed by atoms with Gasteiger partial charge in [0.1, 0.15) is 11.5 Å². The van der Waals surface area contributed by atoms with Crippen molar-refractivity contribution in [2.24, 2.45) is 0 Å². The molecule has 0 aliphatic carbocycles. The van der Waals surface area contributed by atoms with Gasteiger partial charge in [-0.25, -0.2) is 9.07 Å². The molecule has 2 aromatic rings. The van der Waals surface area contributed by atoms with E-state index in [1.54, 1.807) is 19.1 Å². The summed E-state index contributed by atoms with van der Waals surface area (Å²) in [6.07, 6.45) is 3.67. The third-order valence-electron chi connectivity index (χ3n) is 4.75. The Labute approximate surface area is 152 Å². The van der Waals surface area contributed by atoms with Crippen molar-refractivity contribution < 1.29 is 9.18 Å². The van der Waals surface area contributed by atoms with Gasteiger partial charge in [-0.1, -0.05) is 17.4 Å². The van der Waals surface area contributed by atoms with Crippen LogP contribution in [0.2, 0.25) is 0 Å². The molecule has 0 saturated carbocycles. The molecule has 6 nitrogen and oxygen atoms in total. The van der Waals surface area contributed by atoms with Gasteiger partial charge in [0.25, 0.3) is 5.91 Å². The first-order chi connectivity index (χ1) is 12.5. The first kappa shape index (κ1) is 18.3. The lowest BCUT2D eigenvalue weighted by Crippen LogP contribution is -2.44. The van der Waals surface area contributed by atoms with E-state index in [0.717, 1.165) is 38.0 Å². The van der Waals surface area contributed by atoms with Gasteiger partial charge in [-0.2, -0.15) is 0 Å². The van der Waals surface area contributed by atoms with Crippen LogP contribution in [0.15, 0.2) is 30.9 Å². The number of piperidine rings is 1. The van der Waals surface area contributed by atoms with Crippen molar-refractivity contribution in [3.05, 3.63) is 53.6 Å². The molecule has 0 radical (unpaired) electrons. The molecule has 1 saturated heterocycles. The van der Waals surface area contributed by atoms with Gasteiger partial charge < -0.3 is 5.32 Å². The minimum absolute atomic E-state index is 0.115. The van der Waals surface area contributed by atoms with Crippen LogP contribution >= 0.6 is 0 Å². The van der Waals surface area contributed by atoms with Crippen molar-refractivity contribution in [2.45, 2.75) is 32.7 Å². The minimum Gasteiger partial charge on any atom is -0.348 e. The molecule has 1 N–H and O–H groups in total. The molecule has 138 valence electrons. The number of carbonyl (C=O) groups excluding carboxylic acids is 1. The lowest BCUT2D eigenvalue weighted by molar-refractivity contribution is 0.0908.